The average molecular weight is 296 g/mol. The lowest BCUT2D eigenvalue weighted by Crippen LogP contribution is -2.32. The van der Waals surface area contributed by atoms with E-state index in [0.717, 1.165) is 5.69 Å². The van der Waals surface area contributed by atoms with Crippen molar-refractivity contribution < 1.29 is 14.9 Å². The number of aryl methyl sites for hydroxylation is 1. The van der Waals surface area contributed by atoms with E-state index < -0.39 is 24.5 Å². The van der Waals surface area contributed by atoms with E-state index in [2.05, 4.69) is 15.0 Å². The van der Waals surface area contributed by atoms with Gasteiger partial charge in [-0.25, -0.2) is 15.0 Å². The topological polar surface area (TPSA) is 93.3 Å². The van der Waals surface area contributed by atoms with E-state index >= 15 is 0 Å². The third-order valence-corrected chi connectivity index (χ3v) is 4.15. The van der Waals surface area contributed by atoms with Crippen LogP contribution in [0.1, 0.15) is 11.9 Å². The van der Waals surface area contributed by atoms with Crippen molar-refractivity contribution in [3.63, 3.8) is 0 Å². The summed E-state index contributed by atoms with van der Waals surface area (Å²) in [5.41, 5.74) is 2.03. The summed E-state index contributed by atoms with van der Waals surface area (Å²) in [6.07, 6.45) is 1.96. The zero-order valence-electron chi connectivity index (χ0n) is 11.2. The van der Waals surface area contributed by atoms with Crippen LogP contribution < -0.4 is 0 Å². The number of aliphatic hydroxyl groups is 2. The van der Waals surface area contributed by atoms with Crippen molar-refractivity contribution in [1.29, 1.82) is 0 Å². The highest BCUT2D eigenvalue weighted by atomic mass is 32.2. The number of aliphatic hydroxyl groups excluding tert-OH is 2. The molecule has 1 fully saturated rings. The van der Waals surface area contributed by atoms with Gasteiger partial charge in [0, 0.05) is 5.75 Å². The molecule has 0 radical (unpaired) electrons. The molecule has 20 heavy (non-hydrogen) atoms. The molecule has 2 aromatic heterocycles. The number of imidazole rings is 1. The van der Waals surface area contributed by atoms with Crippen LogP contribution in [-0.2, 0) is 4.74 Å². The molecule has 2 aromatic rings. The summed E-state index contributed by atoms with van der Waals surface area (Å²) in [5.74, 6) is 0.620. The third kappa shape index (κ3) is 2.08. The van der Waals surface area contributed by atoms with Crippen molar-refractivity contribution in [2.75, 3.05) is 12.0 Å². The Morgan fingerprint density at radius 1 is 1.30 bits per heavy atom. The van der Waals surface area contributed by atoms with Gasteiger partial charge in [0.05, 0.1) is 18.1 Å². The Balaban J connectivity index is 1.97. The summed E-state index contributed by atoms with van der Waals surface area (Å²) < 4.78 is 7.41. The number of aromatic nitrogens is 4. The number of rotatable bonds is 3. The summed E-state index contributed by atoms with van der Waals surface area (Å²) in [4.78, 5) is 12.5. The maximum absolute atomic E-state index is 10.2. The van der Waals surface area contributed by atoms with Crippen molar-refractivity contribution in [1.82, 2.24) is 19.5 Å². The van der Waals surface area contributed by atoms with E-state index in [9.17, 15) is 10.2 Å². The summed E-state index contributed by atoms with van der Waals surface area (Å²) in [5, 5.41) is 20.2. The second kappa shape index (κ2) is 5.28. The minimum Gasteiger partial charge on any atom is -0.387 e. The second-order valence-electron chi connectivity index (χ2n) is 4.78. The molecule has 7 nitrogen and oxygen atoms in total. The van der Waals surface area contributed by atoms with Crippen LogP contribution in [0, 0.1) is 6.92 Å². The van der Waals surface area contributed by atoms with Crippen LogP contribution in [0.3, 0.4) is 0 Å². The van der Waals surface area contributed by atoms with Crippen LogP contribution >= 0.6 is 11.8 Å². The van der Waals surface area contributed by atoms with Gasteiger partial charge in [0.25, 0.3) is 0 Å². The molecule has 3 heterocycles. The lowest BCUT2D eigenvalue weighted by Gasteiger charge is -2.16. The van der Waals surface area contributed by atoms with Crippen LogP contribution in [0.25, 0.3) is 11.2 Å². The quantitative estimate of drug-likeness (QED) is 0.830. The van der Waals surface area contributed by atoms with Crippen molar-refractivity contribution in [2.45, 2.75) is 31.5 Å². The molecule has 8 heteroatoms. The third-order valence-electron chi connectivity index (χ3n) is 3.48. The maximum atomic E-state index is 10.2. The zero-order chi connectivity index (χ0) is 14.3. The first kappa shape index (κ1) is 13.7. The largest absolute Gasteiger partial charge is 0.387 e. The molecule has 0 spiro atoms. The molecule has 4 atom stereocenters. The van der Waals surface area contributed by atoms with E-state index in [1.807, 2.05) is 13.2 Å². The number of hydrogen-bond donors (Lipinski definition) is 2. The first-order valence-electron chi connectivity index (χ1n) is 6.28. The molecule has 108 valence electrons. The average Bonchev–Trinajstić information content (AvgIpc) is 2.97. The highest BCUT2D eigenvalue weighted by Gasteiger charge is 2.43. The van der Waals surface area contributed by atoms with Gasteiger partial charge in [-0.1, -0.05) is 0 Å². The van der Waals surface area contributed by atoms with Gasteiger partial charge in [0.15, 0.2) is 11.9 Å². The predicted molar refractivity (Wildman–Crippen MR) is 74.4 cm³/mol. The molecule has 0 bridgehead atoms. The van der Waals surface area contributed by atoms with Gasteiger partial charge in [-0.3, -0.25) is 4.57 Å². The van der Waals surface area contributed by atoms with Crippen molar-refractivity contribution in [2.24, 2.45) is 0 Å². The Morgan fingerprint density at radius 3 is 2.85 bits per heavy atom. The van der Waals surface area contributed by atoms with Crippen molar-refractivity contribution >= 4 is 22.9 Å². The van der Waals surface area contributed by atoms with E-state index in [-0.39, 0.29) is 0 Å². The van der Waals surface area contributed by atoms with Gasteiger partial charge < -0.3 is 14.9 Å². The fraction of sp³-hybridized carbons (Fsp3) is 0.583. The minimum absolute atomic E-state index is 0.398. The highest BCUT2D eigenvalue weighted by Crippen LogP contribution is 2.32. The molecular formula is C12H16N4O3S. The molecule has 0 saturated carbocycles. The summed E-state index contributed by atoms with van der Waals surface area (Å²) in [7, 11) is 0. The minimum atomic E-state index is -1.00. The van der Waals surface area contributed by atoms with Gasteiger partial charge in [0.1, 0.15) is 24.1 Å². The molecule has 3 rings (SSSR count). The van der Waals surface area contributed by atoms with Gasteiger partial charge in [-0.05, 0) is 13.2 Å². The maximum Gasteiger partial charge on any atom is 0.165 e. The lowest BCUT2D eigenvalue weighted by molar-refractivity contribution is -0.0288. The van der Waals surface area contributed by atoms with Gasteiger partial charge in [0.2, 0.25) is 0 Å². The lowest BCUT2D eigenvalue weighted by atomic mass is 10.1. The molecule has 4 unspecified atom stereocenters. The number of fused-ring (bicyclic) bond motifs is 1. The van der Waals surface area contributed by atoms with Crippen molar-refractivity contribution in [3.8, 4) is 0 Å². The smallest absolute Gasteiger partial charge is 0.165 e. The number of hydrogen-bond acceptors (Lipinski definition) is 7. The van der Waals surface area contributed by atoms with Crippen LogP contribution in [0.15, 0.2) is 12.7 Å². The fourth-order valence-corrected chi connectivity index (χ4v) is 3.02. The summed E-state index contributed by atoms with van der Waals surface area (Å²) >= 11 is 1.56. The Labute approximate surface area is 120 Å². The first-order valence-corrected chi connectivity index (χ1v) is 7.67. The van der Waals surface area contributed by atoms with Crippen LogP contribution in [0.4, 0.5) is 0 Å². The number of ether oxygens (including phenoxy) is 1. The Hall–Kier alpha value is -1.22. The summed E-state index contributed by atoms with van der Waals surface area (Å²) in [6, 6.07) is 0. The monoisotopic (exact) mass is 296 g/mol. The van der Waals surface area contributed by atoms with E-state index in [1.165, 1.54) is 6.33 Å². The van der Waals surface area contributed by atoms with Crippen LogP contribution in [-0.4, -0.2) is 60.1 Å². The number of thioether (sulfide) groups is 1. The number of nitrogens with zero attached hydrogens (tertiary/aromatic N) is 4. The standard InChI is InChI=1S/C12H16N4O3S/c1-6-8-11(14-4-13-6)16(5-15-8)12-10(18)9(17)7(19-12)3-20-2/h4-5,7,9-10,12,17-18H,3H2,1-2H3. The molecule has 1 saturated heterocycles. The van der Waals surface area contributed by atoms with Crippen LogP contribution in [0.2, 0.25) is 0 Å². The first-order chi connectivity index (χ1) is 9.63. The molecule has 0 amide bonds. The molecule has 2 N–H and O–H groups in total. The Kier molecular flexibility index (Phi) is 3.63. The van der Waals surface area contributed by atoms with E-state index in [4.69, 9.17) is 4.74 Å². The second-order valence-corrected chi connectivity index (χ2v) is 5.70. The summed E-state index contributed by atoms with van der Waals surface area (Å²) in [6.45, 7) is 1.85. The van der Waals surface area contributed by atoms with E-state index in [1.54, 1.807) is 22.7 Å². The van der Waals surface area contributed by atoms with Gasteiger partial charge >= 0.3 is 0 Å². The SMILES string of the molecule is CSCC1OC(n2cnc3c(C)ncnc32)C(O)C1O. The highest BCUT2D eigenvalue weighted by molar-refractivity contribution is 7.98. The molecular weight excluding hydrogens is 280 g/mol. The van der Waals surface area contributed by atoms with Crippen LogP contribution in [0.5, 0.6) is 0 Å². The zero-order valence-corrected chi connectivity index (χ0v) is 12.0. The molecule has 1 aliphatic heterocycles. The van der Waals surface area contributed by atoms with E-state index in [0.29, 0.717) is 16.9 Å². The molecule has 0 aliphatic carbocycles. The van der Waals surface area contributed by atoms with Crippen molar-refractivity contribution in [3.05, 3.63) is 18.3 Å². The Bertz CT molecular complexity index is 620. The normalized spacial score (nSPS) is 30.2. The fourth-order valence-electron chi connectivity index (χ4n) is 2.42. The molecule has 0 aromatic carbocycles. The predicted octanol–water partition coefficient (Wildman–Crippen LogP) is 0.117. The molecule has 1 aliphatic rings. The Morgan fingerprint density at radius 2 is 2.10 bits per heavy atom. The van der Waals surface area contributed by atoms with Gasteiger partial charge in [-0.15, -0.1) is 0 Å². The van der Waals surface area contributed by atoms with Gasteiger partial charge in [-0.2, -0.15) is 11.8 Å².